The summed E-state index contributed by atoms with van der Waals surface area (Å²) in [5.74, 6) is 0. The average Bonchev–Trinajstić information content (AvgIpc) is 2.69. The van der Waals surface area contributed by atoms with E-state index >= 15 is 0 Å². The molecule has 5 atom stereocenters. The van der Waals surface area contributed by atoms with E-state index in [-0.39, 0.29) is 0 Å². The van der Waals surface area contributed by atoms with Crippen LogP contribution in [0.4, 0.5) is 0 Å². The highest BCUT2D eigenvalue weighted by molar-refractivity contribution is 5.21. The fourth-order valence-electron chi connectivity index (χ4n) is 5.69. The fourth-order valence-corrected chi connectivity index (χ4v) is 5.69. The summed E-state index contributed by atoms with van der Waals surface area (Å²) in [6.45, 7) is 7.63. The molecule has 3 fully saturated rings. The van der Waals surface area contributed by atoms with Gasteiger partial charge in [0.2, 0.25) is 0 Å². The predicted molar refractivity (Wildman–Crippen MR) is 96.5 cm³/mol. The van der Waals surface area contributed by atoms with Gasteiger partial charge in [0.15, 0.2) is 0 Å². The molecule has 1 N–H and O–H groups in total. The van der Waals surface area contributed by atoms with Crippen molar-refractivity contribution in [2.45, 2.75) is 69.6 Å². The summed E-state index contributed by atoms with van der Waals surface area (Å²) in [6.07, 6.45) is 10.1. The molecule has 23 heavy (non-hydrogen) atoms. The second-order valence-electron chi connectivity index (χ2n) is 8.08. The average molecular weight is 310 g/mol. The SMILES string of the molecule is C=CCN1C2CC3(C)C(CCCCC13)N[C@@H]2Cc1ccccc1. The van der Waals surface area contributed by atoms with Crippen LogP contribution in [0, 0.1) is 5.41 Å². The van der Waals surface area contributed by atoms with Crippen LogP contribution in [0.1, 0.15) is 44.6 Å². The van der Waals surface area contributed by atoms with Crippen LogP contribution in [0.5, 0.6) is 0 Å². The van der Waals surface area contributed by atoms with Gasteiger partial charge in [0.1, 0.15) is 0 Å². The zero-order chi connectivity index (χ0) is 15.9. The molecule has 2 aliphatic heterocycles. The molecule has 124 valence electrons. The highest BCUT2D eigenvalue weighted by Crippen LogP contribution is 2.52. The van der Waals surface area contributed by atoms with E-state index in [0.29, 0.717) is 23.5 Å². The molecule has 1 aromatic rings. The number of benzene rings is 1. The number of hydrogen-bond donors (Lipinski definition) is 1. The zero-order valence-corrected chi connectivity index (χ0v) is 14.4. The van der Waals surface area contributed by atoms with E-state index in [1.807, 2.05) is 0 Å². The summed E-state index contributed by atoms with van der Waals surface area (Å²) in [5.41, 5.74) is 1.92. The lowest BCUT2D eigenvalue weighted by molar-refractivity contribution is 0.141. The Labute approximate surface area is 141 Å². The van der Waals surface area contributed by atoms with Crippen LogP contribution in [-0.4, -0.2) is 35.6 Å². The molecule has 3 aliphatic rings. The first kappa shape index (κ1) is 15.4. The van der Waals surface area contributed by atoms with E-state index in [4.69, 9.17) is 0 Å². The van der Waals surface area contributed by atoms with Gasteiger partial charge in [0.05, 0.1) is 0 Å². The molecule has 2 saturated heterocycles. The molecule has 1 aromatic carbocycles. The maximum Gasteiger partial charge on any atom is 0.0267 e. The Morgan fingerprint density at radius 2 is 2.04 bits per heavy atom. The lowest BCUT2D eigenvalue weighted by atomic mass is 9.70. The highest BCUT2D eigenvalue weighted by Gasteiger charge is 2.58. The normalized spacial score (nSPS) is 39.9. The molecule has 2 heteroatoms. The Kier molecular flexibility index (Phi) is 4.07. The zero-order valence-electron chi connectivity index (χ0n) is 14.4. The number of fused-ring (bicyclic) bond motifs is 1. The molecule has 0 radical (unpaired) electrons. The van der Waals surface area contributed by atoms with E-state index in [1.54, 1.807) is 0 Å². The van der Waals surface area contributed by atoms with Gasteiger partial charge in [-0.05, 0) is 36.7 Å². The lowest BCUT2D eigenvalue weighted by Gasteiger charge is -2.43. The Balaban J connectivity index is 1.64. The summed E-state index contributed by atoms with van der Waals surface area (Å²) in [7, 11) is 0. The largest absolute Gasteiger partial charge is 0.309 e. The first-order chi connectivity index (χ1) is 11.2. The summed E-state index contributed by atoms with van der Waals surface area (Å²) in [4.78, 5) is 2.79. The maximum absolute atomic E-state index is 4.09. The minimum absolute atomic E-state index is 0.456. The molecule has 0 spiro atoms. The van der Waals surface area contributed by atoms with Crippen molar-refractivity contribution in [3.63, 3.8) is 0 Å². The van der Waals surface area contributed by atoms with Crippen molar-refractivity contribution in [2.75, 3.05) is 6.54 Å². The summed E-state index contributed by atoms with van der Waals surface area (Å²) >= 11 is 0. The van der Waals surface area contributed by atoms with Gasteiger partial charge in [-0.25, -0.2) is 0 Å². The topological polar surface area (TPSA) is 15.3 Å². The van der Waals surface area contributed by atoms with E-state index in [0.717, 1.165) is 19.0 Å². The standard InChI is InChI=1S/C21H30N2/c1-3-13-23-18-15-21(2)19(11-7-8-12-20(21)23)22-17(18)14-16-9-5-4-6-10-16/h3-6,9-10,17-20,22H,1,7-8,11-15H2,2H3/t17-,18?,19?,20?,21?/m1/s1. The van der Waals surface area contributed by atoms with Crippen molar-refractivity contribution in [2.24, 2.45) is 5.41 Å². The van der Waals surface area contributed by atoms with Crippen LogP contribution in [0.25, 0.3) is 0 Å². The molecular weight excluding hydrogens is 280 g/mol. The summed E-state index contributed by atoms with van der Waals surface area (Å²) < 4.78 is 0. The molecule has 1 saturated carbocycles. The van der Waals surface area contributed by atoms with Crippen LogP contribution in [0.3, 0.4) is 0 Å². The van der Waals surface area contributed by atoms with Gasteiger partial charge < -0.3 is 5.32 Å². The van der Waals surface area contributed by atoms with Crippen molar-refractivity contribution in [3.8, 4) is 0 Å². The van der Waals surface area contributed by atoms with Crippen LogP contribution in [-0.2, 0) is 6.42 Å². The third-order valence-corrected chi connectivity index (χ3v) is 6.77. The van der Waals surface area contributed by atoms with Gasteiger partial charge in [-0.15, -0.1) is 6.58 Å². The van der Waals surface area contributed by atoms with Crippen molar-refractivity contribution in [1.29, 1.82) is 0 Å². The summed E-state index contributed by atoms with van der Waals surface area (Å²) in [5, 5.41) is 4.09. The highest BCUT2D eigenvalue weighted by atomic mass is 15.3. The number of nitrogens with one attached hydrogen (secondary N) is 1. The van der Waals surface area contributed by atoms with E-state index in [1.165, 1.54) is 37.7 Å². The van der Waals surface area contributed by atoms with Gasteiger partial charge in [-0.1, -0.05) is 56.2 Å². The van der Waals surface area contributed by atoms with E-state index in [2.05, 4.69) is 60.1 Å². The molecule has 4 rings (SSSR count). The minimum Gasteiger partial charge on any atom is -0.309 e. The fraction of sp³-hybridized carbons (Fsp3) is 0.619. The second kappa shape index (κ2) is 6.07. The molecule has 4 unspecified atom stereocenters. The van der Waals surface area contributed by atoms with Crippen LogP contribution in [0.2, 0.25) is 0 Å². The number of piperidine rings is 1. The molecule has 0 amide bonds. The van der Waals surface area contributed by atoms with Crippen molar-refractivity contribution in [3.05, 3.63) is 48.6 Å². The van der Waals surface area contributed by atoms with E-state index in [9.17, 15) is 0 Å². The van der Waals surface area contributed by atoms with Crippen molar-refractivity contribution in [1.82, 2.24) is 10.2 Å². The minimum atomic E-state index is 0.456. The lowest BCUT2D eigenvalue weighted by Crippen LogP contribution is -2.57. The van der Waals surface area contributed by atoms with Gasteiger partial charge in [0.25, 0.3) is 0 Å². The van der Waals surface area contributed by atoms with E-state index < -0.39 is 0 Å². The molecule has 0 aromatic heterocycles. The Hall–Kier alpha value is -1.12. The quantitative estimate of drug-likeness (QED) is 0.852. The first-order valence-corrected chi connectivity index (χ1v) is 9.39. The van der Waals surface area contributed by atoms with Gasteiger partial charge >= 0.3 is 0 Å². The van der Waals surface area contributed by atoms with Crippen LogP contribution < -0.4 is 5.32 Å². The number of rotatable bonds is 4. The summed E-state index contributed by atoms with van der Waals surface area (Å²) in [6, 6.07) is 13.7. The second-order valence-corrected chi connectivity index (χ2v) is 8.08. The van der Waals surface area contributed by atoms with Gasteiger partial charge in [0, 0.05) is 30.7 Å². The van der Waals surface area contributed by atoms with Crippen molar-refractivity contribution < 1.29 is 0 Å². The van der Waals surface area contributed by atoms with Crippen LogP contribution in [0.15, 0.2) is 43.0 Å². The Morgan fingerprint density at radius 1 is 1.26 bits per heavy atom. The number of hydrogen-bond acceptors (Lipinski definition) is 2. The maximum atomic E-state index is 4.09. The molecular formula is C21H30N2. The Bertz CT molecular complexity index is 554. The van der Waals surface area contributed by atoms with Crippen LogP contribution >= 0.6 is 0 Å². The predicted octanol–water partition coefficient (Wildman–Crippen LogP) is 3.78. The number of nitrogens with zero attached hydrogens (tertiary/aromatic N) is 1. The molecule has 2 bridgehead atoms. The van der Waals surface area contributed by atoms with Gasteiger partial charge in [-0.2, -0.15) is 0 Å². The molecule has 2 nitrogen and oxygen atoms in total. The van der Waals surface area contributed by atoms with Crippen molar-refractivity contribution >= 4 is 0 Å². The first-order valence-electron chi connectivity index (χ1n) is 9.39. The third-order valence-electron chi connectivity index (χ3n) is 6.77. The molecule has 1 aliphatic carbocycles. The monoisotopic (exact) mass is 310 g/mol. The Morgan fingerprint density at radius 3 is 2.83 bits per heavy atom. The number of likely N-dealkylation sites (tertiary alicyclic amines) is 1. The molecule has 2 heterocycles. The smallest absolute Gasteiger partial charge is 0.0267 e. The van der Waals surface area contributed by atoms with Gasteiger partial charge in [-0.3, -0.25) is 4.90 Å². The third kappa shape index (κ3) is 2.56.